The number of hydrogen-bond donors (Lipinski definition) is 2. The number of hydrogen-bond acceptors (Lipinski definition) is 5. The van der Waals surface area contributed by atoms with E-state index < -0.39 is 28.0 Å². The molecule has 0 saturated carbocycles. The van der Waals surface area contributed by atoms with Crippen LogP contribution in [0.4, 0.5) is 20.6 Å². The van der Waals surface area contributed by atoms with Crippen LogP contribution in [0.5, 0.6) is 5.75 Å². The van der Waals surface area contributed by atoms with Gasteiger partial charge in [0.2, 0.25) is 10.0 Å². The molecule has 4 rings (SSSR count). The molecule has 170 valence electrons. The third kappa shape index (κ3) is 4.26. The summed E-state index contributed by atoms with van der Waals surface area (Å²) in [5.74, 6) is -0.356. The molecule has 2 N–H and O–H groups in total. The van der Waals surface area contributed by atoms with Crippen LogP contribution in [0.1, 0.15) is 12.5 Å². The van der Waals surface area contributed by atoms with Gasteiger partial charge in [-0.3, -0.25) is 4.79 Å². The van der Waals surface area contributed by atoms with Gasteiger partial charge in [0.05, 0.1) is 10.6 Å². The van der Waals surface area contributed by atoms with Crippen LogP contribution in [-0.2, 0) is 14.8 Å². The largest absolute Gasteiger partial charge is 0.479 e. The molecule has 2 aliphatic rings. The topological polar surface area (TPSA) is 108 Å². The Morgan fingerprint density at radius 2 is 1.88 bits per heavy atom. The predicted octanol–water partition coefficient (Wildman–Crippen LogP) is 2.39. The van der Waals surface area contributed by atoms with Crippen LogP contribution in [0.25, 0.3) is 0 Å². The molecule has 2 aliphatic heterocycles. The van der Waals surface area contributed by atoms with E-state index in [1.54, 1.807) is 26.0 Å². The van der Waals surface area contributed by atoms with Gasteiger partial charge in [-0.15, -0.1) is 0 Å². The van der Waals surface area contributed by atoms with Crippen molar-refractivity contribution in [2.45, 2.75) is 24.8 Å². The number of ether oxygens (including phenoxy) is 1. The fourth-order valence-corrected chi connectivity index (χ4v) is 4.95. The maximum Gasteiger partial charge on any atom is 0.321 e. The van der Waals surface area contributed by atoms with Crippen LogP contribution in [0.2, 0.25) is 0 Å². The molecule has 2 aromatic rings. The normalized spacial score (nSPS) is 19.0. The summed E-state index contributed by atoms with van der Waals surface area (Å²) in [6.45, 7) is 3.81. The highest BCUT2D eigenvalue weighted by molar-refractivity contribution is 7.89. The molecule has 0 aromatic heterocycles. The number of sulfonamides is 1. The third-order valence-electron chi connectivity index (χ3n) is 5.47. The van der Waals surface area contributed by atoms with Crippen molar-refractivity contribution in [2.75, 3.05) is 36.8 Å². The fraction of sp³-hybridized carbons (Fsp3) is 0.333. The van der Waals surface area contributed by atoms with E-state index >= 15 is 0 Å². The zero-order valence-electron chi connectivity index (χ0n) is 17.6. The Morgan fingerprint density at radius 3 is 2.56 bits per heavy atom. The highest BCUT2D eigenvalue weighted by Gasteiger charge is 2.32. The minimum Gasteiger partial charge on any atom is -0.479 e. The first-order chi connectivity index (χ1) is 15.1. The van der Waals surface area contributed by atoms with Crippen LogP contribution >= 0.6 is 0 Å². The number of fused-ring (bicyclic) bond motifs is 1. The monoisotopic (exact) mass is 462 g/mol. The lowest BCUT2D eigenvalue weighted by atomic mass is 10.2. The molecule has 1 saturated heterocycles. The summed E-state index contributed by atoms with van der Waals surface area (Å²) in [7, 11) is -3.83. The van der Waals surface area contributed by atoms with E-state index in [1.807, 2.05) is 0 Å². The Hall–Kier alpha value is -3.18. The predicted molar refractivity (Wildman–Crippen MR) is 116 cm³/mol. The van der Waals surface area contributed by atoms with E-state index in [4.69, 9.17) is 4.74 Å². The Bertz CT molecular complexity index is 1180. The summed E-state index contributed by atoms with van der Waals surface area (Å²) < 4.78 is 46.6. The summed E-state index contributed by atoms with van der Waals surface area (Å²) in [4.78, 5) is 25.8. The molecule has 0 unspecified atom stereocenters. The molecular weight excluding hydrogens is 439 g/mol. The van der Waals surface area contributed by atoms with Crippen LogP contribution < -0.4 is 15.4 Å². The minimum absolute atomic E-state index is 0.0303. The number of piperazine rings is 1. The first kappa shape index (κ1) is 22.0. The van der Waals surface area contributed by atoms with Gasteiger partial charge < -0.3 is 20.3 Å². The van der Waals surface area contributed by atoms with Gasteiger partial charge in [0.1, 0.15) is 11.6 Å². The average molecular weight is 463 g/mol. The summed E-state index contributed by atoms with van der Waals surface area (Å²) in [6.07, 6.45) is -0.652. The second kappa shape index (κ2) is 8.40. The van der Waals surface area contributed by atoms with E-state index in [1.165, 1.54) is 33.5 Å². The van der Waals surface area contributed by atoms with Crippen LogP contribution in [0, 0.1) is 12.7 Å². The molecule has 0 spiro atoms. The van der Waals surface area contributed by atoms with Crippen molar-refractivity contribution >= 4 is 33.3 Å². The number of benzene rings is 2. The number of urea groups is 1. The minimum atomic E-state index is -3.83. The van der Waals surface area contributed by atoms with Gasteiger partial charge in [0.15, 0.2) is 6.10 Å². The zero-order valence-corrected chi connectivity index (χ0v) is 18.4. The quantitative estimate of drug-likeness (QED) is 0.728. The van der Waals surface area contributed by atoms with Crippen molar-refractivity contribution in [1.82, 2.24) is 9.21 Å². The van der Waals surface area contributed by atoms with Crippen LogP contribution in [0.3, 0.4) is 0 Å². The van der Waals surface area contributed by atoms with Gasteiger partial charge in [-0.2, -0.15) is 4.31 Å². The first-order valence-corrected chi connectivity index (χ1v) is 11.5. The van der Waals surface area contributed by atoms with Crippen molar-refractivity contribution in [1.29, 1.82) is 0 Å². The van der Waals surface area contributed by atoms with Crippen molar-refractivity contribution in [3.8, 4) is 5.75 Å². The molecule has 1 atom stereocenters. The SMILES string of the molecule is Cc1ccc(NC(=O)N2CCN(S(=O)(=O)c3ccc4c(c3)NC(=O)[C@H](C)O4)CC2)cc1F. The standard InChI is InChI=1S/C21H23FN4O5S/c1-13-3-4-15(11-17(13)22)23-21(28)25-7-9-26(10-8-25)32(29,30)16-5-6-19-18(12-16)24-20(27)14(2)31-19/h3-6,11-12,14H,7-10H2,1-2H3,(H,23,28)(H,24,27)/t14-/m0/s1. The molecule has 11 heteroatoms. The van der Waals surface area contributed by atoms with Crippen LogP contribution in [0.15, 0.2) is 41.3 Å². The lowest BCUT2D eigenvalue weighted by Crippen LogP contribution is -2.51. The van der Waals surface area contributed by atoms with Gasteiger partial charge in [-0.25, -0.2) is 17.6 Å². The number of aryl methyl sites for hydroxylation is 1. The highest BCUT2D eigenvalue weighted by atomic mass is 32.2. The molecule has 0 aliphatic carbocycles. The number of anilines is 2. The van der Waals surface area contributed by atoms with E-state index in [9.17, 15) is 22.4 Å². The lowest BCUT2D eigenvalue weighted by molar-refractivity contribution is -0.122. The Balaban J connectivity index is 1.41. The van der Waals surface area contributed by atoms with E-state index in [-0.39, 0.29) is 37.0 Å². The summed E-state index contributed by atoms with van der Waals surface area (Å²) in [5.41, 5.74) is 1.11. The van der Waals surface area contributed by atoms with Gasteiger partial charge in [0, 0.05) is 31.9 Å². The smallest absolute Gasteiger partial charge is 0.321 e. The number of carbonyl (C=O) groups is 2. The van der Waals surface area contributed by atoms with E-state index in [0.29, 0.717) is 22.7 Å². The molecular formula is C21H23FN4O5S. The zero-order chi connectivity index (χ0) is 23.0. The second-order valence-electron chi connectivity index (χ2n) is 7.69. The Kier molecular flexibility index (Phi) is 5.78. The lowest BCUT2D eigenvalue weighted by Gasteiger charge is -2.34. The molecule has 2 aromatic carbocycles. The van der Waals surface area contributed by atoms with Crippen molar-refractivity contribution in [3.63, 3.8) is 0 Å². The van der Waals surface area contributed by atoms with Crippen molar-refractivity contribution in [2.24, 2.45) is 0 Å². The molecule has 9 nitrogen and oxygen atoms in total. The van der Waals surface area contributed by atoms with Gasteiger partial charge in [-0.1, -0.05) is 6.07 Å². The number of nitrogens with zero attached hydrogens (tertiary/aromatic N) is 2. The second-order valence-corrected chi connectivity index (χ2v) is 9.63. The summed E-state index contributed by atoms with van der Waals surface area (Å²) in [5, 5.41) is 5.27. The molecule has 2 heterocycles. The molecule has 1 fully saturated rings. The van der Waals surface area contributed by atoms with E-state index in [2.05, 4.69) is 10.6 Å². The Labute approximate surface area is 185 Å². The Morgan fingerprint density at radius 1 is 1.16 bits per heavy atom. The number of nitrogens with one attached hydrogen (secondary N) is 2. The van der Waals surface area contributed by atoms with Gasteiger partial charge in [-0.05, 0) is 49.7 Å². The number of amides is 3. The van der Waals surface area contributed by atoms with Gasteiger partial charge in [0.25, 0.3) is 5.91 Å². The number of rotatable bonds is 3. The fourth-order valence-electron chi connectivity index (χ4n) is 3.50. The molecule has 0 bridgehead atoms. The highest BCUT2D eigenvalue weighted by Crippen LogP contribution is 2.33. The number of halogens is 1. The van der Waals surface area contributed by atoms with E-state index in [0.717, 1.165) is 0 Å². The maximum absolute atomic E-state index is 13.7. The third-order valence-corrected chi connectivity index (χ3v) is 7.36. The average Bonchev–Trinajstić information content (AvgIpc) is 2.77. The maximum atomic E-state index is 13.7. The van der Waals surface area contributed by atoms with Crippen molar-refractivity contribution in [3.05, 3.63) is 47.8 Å². The van der Waals surface area contributed by atoms with Crippen molar-refractivity contribution < 1.29 is 27.1 Å². The first-order valence-electron chi connectivity index (χ1n) is 10.1. The molecule has 32 heavy (non-hydrogen) atoms. The van der Waals surface area contributed by atoms with Crippen LogP contribution in [-0.4, -0.2) is 61.8 Å². The number of carbonyl (C=O) groups excluding carboxylic acids is 2. The summed E-state index contributed by atoms with van der Waals surface area (Å²) in [6, 6.07) is 8.32. The molecule has 3 amide bonds. The van der Waals surface area contributed by atoms with Gasteiger partial charge >= 0.3 is 6.03 Å². The molecule has 0 radical (unpaired) electrons. The summed E-state index contributed by atoms with van der Waals surface area (Å²) >= 11 is 0.